The van der Waals surface area contributed by atoms with Crippen LogP contribution in [0.15, 0.2) is 68.4 Å². The second-order valence-corrected chi connectivity index (χ2v) is 9.45. The molecule has 1 fully saturated rings. The summed E-state index contributed by atoms with van der Waals surface area (Å²) in [5.41, 5.74) is 2.32. The predicted molar refractivity (Wildman–Crippen MR) is 131 cm³/mol. The van der Waals surface area contributed by atoms with Crippen LogP contribution >= 0.6 is 23.5 Å². The summed E-state index contributed by atoms with van der Waals surface area (Å²) in [5, 5.41) is 1.78. The van der Waals surface area contributed by atoms with Crippen molar-refractivity contribution in [3.05, 3.63) is 64.0 Å². The van der Waals surface area contributed by atoms with Crippen molar-refractivity contribution < 1.29 is 9.53 Å². The van der Waals surface area contributed by atoms with Crippen molar-refractivity contribution in [3.63, 3.8) is 0 Å². The molecule has 0 aliphatic carbocycles. The average Bonchev–Trinajstić information content (AvgIpc) is 3.29. The Labute approximate surface area is 192 Å². The first-order valence-corrected chi connectivity index (χ1v) is 12.2. The predicted octanol–water partition coefficient (Wildman–Crippen LogP) is 5.38. The van der Waals surface area contributed by atoms with Crippen molar-refractivity contribution in [2.24, 2.45) is 4.99 Å². The lowest BCUT2D eigenvalue weighted by atomic mass is 10.2. The molecule has 2 aliphatic rings. The molecule has 0 saturated carbocycles. The molecule has 1 amide bonds. The van der Waals surface area contributed by atoms with Crippen molar-refractivity contribution in [2.45, 2.75) is 31.1 Å². The summed E-state index contributed by atoms with van der Waals surface area (Å²) in [6, 6.07) is 16.4. The maximum atomic E-state index is 13.4. The molecule has 0 N–H and O–H groups in total. The Hall–Kier alpha value is -2.38. The molecule has 0 aromatic heterocycles. The highest BCUT2D eigenvalue weighted by atomic mass is 32.2. The first kappa shape index (κ1) is 21.8. The zero-order chi connectivity index (χ0) is 21.8. The highest BCUT2D eigenvalue weighted by Gasteiger charge is 2.38. The smallest absolute Gasteiger partial charge is 0.269 e. The number of amides is 1. The Balaban J connectivity index is 1.58. The number of thioether (sulfide) groups is 2. The van der Waals surface area contributed by atoms with Gasteiger partial charge in [-0.15, -0.1) is 0 Å². The molecule has 5 nitrogen and oxygen atoms in total. The van der Waals surface area contributed by atoms with Gasteiger partial charge in [0.05, 0.1) is 17.8 Å². The number of amidine groups is 1. The number of benzene rings is 2. The SMILES string of the molecule is CCCCN1C(=O)/C(=C2/Sc3ccc(OC)cc3N2C)SC1=NCCc1ccccc1. The van der Waals surface area contributed by atoms with E-state index >= 15 is 0 Å². The van der Waals surface area contributed by atoms with Crippen LogP contribution < -0.4 is 9.64 Å². The minimum Gasteiger partial charge on any atom is -0.497 e. The third kappa shape index (κ3) is 4.62. The molecule has 4 rings (SSSR count). The summed E-state index contributed by atoms with van der Waals surface area (Å²) in [4.78, 5) is 24.0. The van der Waals surface area contributed by atoms with E-state index in [0.29, 0.717) is 13.1 Å². The van der Waals surface area contributed by atoms with Crippen LogP contribution in [0.4, 0.5) is 5.69 Å². The molecule has 2 aliphatic heterocycles. The van der Waals surface area contributed by atoms with Crippen molar-refractivity contribution >= 4 is 40.3 Å². The van der Waals surface area contributed by atoms with Crippen LogP contribution in [0.1, 0.15) is 25.3 Å². The number of methoxy groups -OCH3 is 1. The van der Waals surface area contributed by atoms with E-state index in [9.17, 15) is 4.79 Å². The summed E-state index contributed by atoms with van der Waals surface area (Å²) >= 11 is 3.15. The minimum absolute atomic E-state index is 0.0611. The Kier molecular flexibility index (Phi) is 6.92. The van der Waals surface area contributed by atoms with Gasteiger partial charge in [0, 0.05) is 31.1 Å². The highest BCUT2D eigenvalue weighted by Crippen LogP contribution is 2.50. The van der Waals surface area contributed by atoms with E-state index in [-0.39, 0.29) is 5.91 Å². The van der Waals surface area contributed by atoms with E-state index in [0.717, 1.165) is 50.7 Å². The van der Waals surface area contributed by atoms with Crippen LogP contribution in [0.2, 0.25) is 0 Å². The van der Waals surface area contributed by atoms with Crippen LogP contribution in [0.3, 0.4) is 0 Å². The number of nitrogens with zero attached hydrogens (tertiary/aromatic N) is 3. The van der Waals surface area contributed by atoms with Gasteiger partial charge < -0.3 is 9.64 Å². The van der Waals surface area contributed by atoms with Crippen molar-refractivity contribution in [1.29, 1.82) is 0 Å². The lowest BCUT2D eigenvalue weighted by molar-refractivity contribution is -0.122. The van der Waals surface area contributed by atoms with Gasteiger partial charge in [-0.1, -0.05) is 55.4 Å². The zero-order valence-electron chi connectivity index (χ0n) is 18.1. The number of unbranched alkanes of at least 4 members (excludes halogenated alkanes) is 1. The standard InChI is InChI=1S/C24H27N3O2S2/c1-4-5-15-27-22(28)21(31-24(27)25-14-13-17-9-7-6-8-10-17)23-26(2)19-16-18(29-3)11-12-20(19)30-23/h6-12,16H,4-5,13-15H2,1-3H3/b23-21-,25-24?. The molecule has 0 spiro atoms. The van der Waals surface area contributed by atoms with Gasteiger partial charge in [-0.3, -0.25) is 14.7 Å². The Morgan fingerprint density at radius 2 is 1.90 bits per heavy atom. The van der Waals surface area contributed by atoms with Crippen molar-refractivity contribution in [3.8, 4) is 5.75 Å². The fourth-order valence-corrected chi connectivity index (χ4v) is 5.90. The largest absolute Gasteiger partial charge is 0.497 e. The summed E-state index contributed by atoms with van der Waals surface area (Å²) in [5.74, 6) is 0.876. The molecule has 0 unspecified atom stereocenters. The molecule has 0 radical (unpaired) electrons. The van der Waals surface area contributed by atoms with E-state index in [1.165, 1.54) is 17.3 Å². The zero-order valence-corrected chi connectivity index (χ0v) is 19.8. The van der Waals surface area contributed by atoms with E-state index in [1.807, 2.05) is 42.3 Å². The van der Waals surface area contributed by atoms with Crippen LogP contribution in [-0.2, 0) is 11.2 Å². The number of fused-ring (bicyclic) bond motifs is 1. The van der Waals surface area contributed by atoms with Crippen molar-refractivity contribution in [1.82, 2.24) is 4.90 Å². The van der Waals surface area contributed by atoms with E-state index < -0.39 is 0 Å². The maximum absolute atomic E-state index is 13.4. The average molecular weight is 454 g/mol. The molecular formula is C24H27N3O2S2. The first-order valence-electron chi connectivity index (χ1n) is 10.5. The molecule has 0 bridgehead atoms. The molecular weight excluding hydrogens is 426 g/mol. The van der Waals surface area contributed by atoms with Gasteiger partial charge in [0.15, 0.2) is 5.17 Å². The van der Waals surface area contributed by atoms with E-state index in [4.69, 9.17) is 9.73 Å². The van der Waals surface area contributed by atoms with Gasteiger partial charge in [-0.2, -0.15) is 0 Å². The number of hydrogen-bond donors (Lipinski definition) is 0. The van der Waals surface area contributed by atoms with Gasteiger partial charge >= 0.3 is 0 Å². The lowest BCUT2D eigenvalue weighted by Crippen LogP contribution is -2.31. The summed E-state index contributed by atoms with van der Waals surface area (Å²) < 4.78 is 5.38. The second-order valence-electron chi connectivity index (χ2n) is 7.44. The van der Waals surface area contributed by atoms with Crippen LogP contribution in [0, 0.1) is 0 Å². The highest BCUT2D eigenvalue weighted by molar-refractivity contribution is 8.19. The second kappa shape index (κ2) is 9.83. The molecule has 0 atom stereocenters. The third-order valence-corrected chi connectivity index (χ3v) is 7.79. The van der Waals surface area contributed by atoms with E-state index in [1.54, 1.807) is 18.9 Å². The van der Waals surface area contributed by atoms with Crippen LogP contribution in [0.25, 0.3) is 0 Å². The fraction of sp³-hybridized carbons (Fsp3) is 0.333. The lowest BCUT2D eigenvalue weighted by Gasteiger charge is -2.16. The van der Waals surface area contributed by atoms with Gasteiger partial charge in [0.25, 0.3) is 5.91 Å². The monoisotopic (exact) mass is 453 g/mol. The fourth-order valence-electron chi connectivity index (χ4n) is 3.54. The first-order chi connectivity index (χ1) is 15.1. The Morgan fingerprint density at radius 3 is 2.65 bits per heavy atom. The topological polar surface area (TPSA) is 45.1 Å². The molecule has 7 heteroatoms. The minimum atomic E-state index is 0.0611. The quantitative estimate of drug-likeness (QED) is 0.527. The molecule has 2 aromatic carbocycles. The van der Waals surface area contributed by atoms with Crippen LogP contribution in [-0.4, -0.2) is 43.2 Å². The number of rotatable bonds is 7. The molecule has 31 heavy (non-hydrogen) atoms. The van der Waals surface area contributed by atoms with Gasteiger partial charge in [-0.25, -0.2) is 0 Å². The van der Waals surface area contributed by atoms with Gasteiger partial charge in [0.2, 0.25) is 0 Å². The number of carbonyl (C=O) groups is 1. The van der Waals surface area contributed by atoms with E-state index in [2.05, 4.69) is 30.0 Å². The summed E-state index contributed by atoms with van der Waals surface area (Å²) in [6.07, 6.45) is 2.87. The maximum Gasteiger partial charge on any atom is 0.269 e. The number of ether oxygens (including phenoxy) is 1. The number of carbonyl (C=O) groups excluding carboxylic acids is 1. The van der Waals surface area contributed by atoms with Crippen molar-refractivity contribution in [2.75, 3.05) is 32.1 Å². The molecule has 2 heterocycles. The Bertz CT molecular complexity index is 1020. The number of hydrogen-bond acceptors (Lipinski definition) is 6. The molecule has 162 valence electrons. The van der Waals surface area contributed by atoms with Crippen LogP contribution in [0.5, 0.6) is 5.75 Å². The number of aliphatic imine (C=N–C) groups is 1. The summed E-state index contributed by atoms with van der Waals surface area (Å²) in [6.45, 7) is 3.52. The molecule has 1 saturated heterocycles. The Morgan fingerprint density at radius 1 is 1.10 bits per heavy atom. The molecule has 2 aromatic rings. The normalized spacial score (nSPS) is 19.5. The van der Waals surface area contributed by atoms with Gasteiger partial charge in [0.1, 0.15) is 10.7 Å². The number of anilines is 1. The van der Waals surface area contributed by atoms with Gasteiger partial charge in [-0.05, 0) is 42.3 Å². The third-order valence-electron chi connectivity index (χ3n) is 5.32. The summed E-state index contributed by atoms with van der Waals surface area (Å²) in [7, 11) is 3.68.